The van der Waals surface area contributed by atoms with Crippen LogP contribution in [0.2, 0.25) is 0 Å². The maximum Gasteiger partial charge on any atom is 0.258 e. The molecular weight excluding hydrogens is 356 g/mol. The smallest absolute Gasteiger partial charge is 0.258 e. The van der Waals surface area contributed by atoms with Gasteiger partial charge in [-0.1, -0.05) is 25.5 Å². The Balaban J connectivity index is 1.35. The predicted molar refractivity (Wildman–Crippen MR) is 107 cm³/mol. The third kappa shape index (κ3) is 5.33. The van der Waals surface area contributed by atoms with Crippen molar-refractivity contribution in [2.24, 2.45) is 0 Å². The molecule has 3 rings (SSSR count). The van der Waals surface area contributed by atoms with Gasteiger partial charge in [-0.15, -0.1) is 0 Å². The number of hydrogen-bond acceptors (Lipinski definition) is 4. The summed E-state index contributed by atoms with van der Waals surface area (Å²) >= 11 is 0. The SMILES string of the molecule is CCCc1ccc(OCC(=O)NCCNC(=O)c2ccc3nc[nH]c3c2)cc1. The molecule has 3 N–H and O–H groups in total. The number of aromatic nitrogens is 2. The van der Waals surface area contributed by atoms with Gasteiger partial charge in [0, 0.05) is 18.7 Å². The molecule has 0 aliphatic rings. The van der Waals surface area contributed by atoms with Crippen molar-refractivity contribution < 1.29 is 14.3 Å². The summed E-state index contributed by atoms with van der Waals surface area (Å²) in [5, 5.41) is 5.50. The van der Waals surface area contributed by atoms with E-state index in [0.29, 0.717) is 24.4 Å². The van der Waals surface area contributed by atoms with Crippen LogP contribution in [-0.4, -0.2) is 41.5 Å². The highest BCUT2D eigenvalue weighted by molar-refractivity contribution is 5.97. The molecule has 2 aromatic carbocycles. The molecule has 0 saturated carbocycles. The van der Waals surface area contributed by atoms with Gasteiger partial charge >= 0.3 is 0 Å². The molecule has 0 saturated heterocycles. The number of fused-ring (bicyclic) bond motifs is 1. The Kier molecular flexibility index (Phi) is 6.62. The highest BCUT2D eigenvalue weighted by atomic mass is 16.5. The van der Waals surface area contributed by atoms with E-state index < -0.39 is 0 Å². The average molecular weight is 380 g/mol. The number of carbonyl (C=O) groups excluding carboxylic acids is 2. The van der Waals surface area contributed by atoms with Crippen molar-refractivity contribution in [3.05, 3.63) is 59.9 Å². The minimum absolute atomic E-state index is 0.0580. The molecule has 2 amide bonds. The third-order valence-electron chi connectivity index (χ3n) is 4.25. The number of H-pyrrole nitrogens is 1. The first kappa shape index (κ1) is 19.4. The minimum atomic E-state index is -0.231. The molecule has 146 valence electrons. The maximum absolute atomic E-state index is 12.2. The first-order chi connectivity index (χ1) is 13.7. The number of nitrogens with one attached hydrogen (secondary N) is 3. The van der Waals surface area contributed by atoms with Crippen LogP contribution in [0.4, 0.5) is 0 Å². The molecule has 0 aliphatic carbocycles. The van der Waals surface area contributed by atoms with E-state index in [1.807, 2.05) is 24.3 Å². The van der Waals surface area contributed by atoms with Crippen LogP contribution in [0.1, 0.15) is 29.3 Å². The molecule has 1 aromatic heterocycles. The molecule has 28 heavy (non-hydrogen) atoms. The minimum Gasteiger partial charge on any atom is -0.484 e. The van der Waals surface area contributed by atoms with E-state index in [-0.39, 0.29) is 18.4 Å². The van der Waals surface area contributed by atoms with Gasteiger partial charge in [0.2, 0.25) is 0 Å². The zero-order chi connectivity index (χ0) is 19.8. The summed E-state index contributed by atoms with van der Waals surface area (Å²) in [6.07, 6.45) is 3.71. The normalized spacial score (nSPS) is 10.6. The number of aryl methyl sites for hydroxylation is 1. The second kappa shape index (κ2) is 9.55. The van der Waals surface area contributed by atoms with E-state index in [4.69, 9.17) is 4.74 Å². The second-order valence-electron chi connectivity index (χ2n) is 6.42. The van der Waals surface area contributed by atoms with Gasteiger partial charge in [-0.2, -0.15) is 0 Å². The first-order valence-corrected chi connectivity index (χ1v) is 9.35. The Morgan fingerprint density at radius 1 is 1.07 bits per heavy atom. The Morgan fingerprint density at radius 3 is 2.64 bits per heavy atom. The summed E-state index contributed by atoms with van der Waals surface area (Å²) < 4.78 is 5.47. The van der Waals surface area contributed by atoms with Gasteiger partial charge in [0.25, 0.3) is 11.8 Å². The number of imidazole rings is 1. The van der Waals surface area contributed by atoms with Crippen LogP contribution < -0.4 is 15.4 Å². The number of hydrogen-bond donors (Lipinski definition) is 3. The zero-order valence-corrected chi connectivity index (χ0v) is 15.8. The lowest BCUT2D eigenvalue weighted by molar-refractivity contribution is -0.123. The standard InChI is InChI=1S/C21H24N4O3/c1-2-3-15-4-7-17(8-5-15)28-13-20(26)22-10-11-23-21(27)16-6-9-18-19(12-16)25-14-24-18/h4-9,12,14H,2-3,10-11,13H2,1H3,(H,22,26)(H,23,27)(H,24,25). The Bertz CT molecular complexity index is 934. The second-order valence-corrected chi connectivity index (χ2v) is 6.42. The van der Waals surface area contributed by atoms with Gasteiger partial charge < -0.3 is 20.4 Å². The van der Waals surface area contributed by atoms with E-state index in [1.165, 1.54) is 5.56 Å². The van der Waals surface area contributed by atoms with Crippen LogP contribution in [0.25, 0.3) is 11.0 Å². The number of ether oxygens (including phenoxy) is 1. The van der Waals surface area contributed by atoms with Crippen LogP contribution >= 0.6 is 0 Å². The van der Waals surface area contributed by atoms with Crippen LogP contribution in [0, 0.1) is 0 Å². The number of benzene rings is 2. The Morgan fingerprint density at radius 2 is 1.86 bits per heavy atom. The highest BCUT2D eigenvalue weighted by Crippen LogP contribution is 2.13. The number of carbonyl (C=O) groups is 2. The summed E-state index contributed by atoms with van der Waals surface area (Å²) in [6.45, 7) is 2.74. The van der Waals surface area contributed by atoms with E-state index >= 15 is 0 Å². The largest absolute Gasteiger partial charge is 0.484 e. The average Bonchev–Trinajstić information content (AvgIpc) is 3.18. The third-order valence-corrected chi connectivity index (χ3v) is 4.25. The topological polar surface area (TPSA) is 96.1 Å². The van der Waals surface area contributed by atoms with Crippen LogP contribution in [0.5, 0.6) is 5.75 Å². The summed E-state index contributed by atoms with van der Waals surface area (Å²) in [7, 11) is 0. The summed E-state index contributed by atoms with van der Waals surface area (Å²) in [6, 6.07) is 13.0. The molecule has 0 bridgehead atoms. The first-order valence-electron chi connectivity index (χ1n) is 9.35. The molecule has 0 spiro atoms. The molecule has 7 heteroatoms. The van der Waals surface area contributed by atoms with Crippen molar-refractivity contribution in [1.29, 1.82) is 0 Å². The van der Waals surface area contributed by atoms with Crippen LogP contribution in [-0.2, 0) is 11.2 Å². The number of nitrogens with zero attached hydrogens (tertiary/aromatic N) is 1. The van der Waals surface area contributed by atoms with Gasteiger partial charge in [-0.3, -0.25) is 9.59 Å². The molecule has 3 aromatic rings. The van der Waals surface area contributed by atoms with E-state index in [9.17, 15) is 9.59 Å². The van der Waals surface area contributed by atoms with Crippen molar-refractivity contribution in [3.8, 4) is 5.75 Å². The zero-order valence-electron chi connectivity index (χ0n) is 15.8. The molecule has 0 aliphatic heterocycles. The molecule has 0 radical (unpaired) electrons. The van der Waals surface area contributed by atoms with E-state index in [2.05, 4.69) is 27.5 Å². The van der Waals surface area contributed by atoms with Crippen molar-refractivity contribution >= 4 is 22.8 Å². The molecular formula is C21H24N4O3. The van der Waals surface area contributed by atoms with Crippen molar-refractivity contribution in [2.75, 3.05) is 19.7 Å². The predicted octanol–water partition coefficient (Wildman–Crippen LogP) is 2.44. The van der Waals surface area contributed by atoms with Crippen molar-refractivity contribution in [3.63, 3.8) is 0 Å². The summed E-state index contributed by atoms with van der Waals surface area (Å²) in [4.78, 5) is 31.1. The van der Waals surface area contributed by atoms with Gasteiger partial charge in [0.1, 0.15) is 5.75 Å². The van der Waals surface area contributed by atoms with E-state index in [0.717, 1.165) is 23.9 Å². The maximum atomic E-state index is 12.2. The lowest BCUT2D eigenvalue weighted by Gasteiger charge is -2.09. The molecule has 7 nitrogen and oxygen atoms in total. The van der Waals surface area contributed by atoms with Crippen LogP contribution in [0.15, 0.2) is 48.8 Å². The van der Waals surface area contributed by atoms with Crippen molar-refractivity contribution in [2.45, 2.75) is 19.8 Å². The van der Waals surface area contributed by atoms with Crippen molar-refractivity contribution in [1.82, 2.24) is 20.6 Å². The van der Waals surface area contributed by atoms with Crippen LogP contribution in [0.3, 0.4) is 0 Å². The van der Waals surface area contributed by atoms with Gasteiger partial charge in [-0.25, -0.2) is 4.98 Å². The van der Waals surface area contributed by atoms with E-state index in [1.54, 1.807) is 24.5 Å². The molecule has 1 heterocycles. The molecule has 0 atom stereocenters. The monoisotopic (exact) mass is 380 g/mol. The number of amides is 2. The fourth-order valence-electron chi connectivity index (χ4n) is 2.80. The lowest BCUT2D eigenvalue weighted by atomic mass is 10.1. The molecule has 0 unspecified atom stereocenters. The fourth-order valence-corrected chi connectivity index (χ4v) is 2.80. The Labute approximate surface area is 163 Å². The summed E-state index contributed by atoms with van der Waals surface area (Å²) in [5.41, 5.74) is 3.41. The van der Waals surface area contributed by atoms with Gasteiger partial charge in [-0.05, 0) is 42.3 Å². The molecule has 0 fully saturated rings. The number of aromatic amines is 1. The fraction of sp³-hybridized carbons (Fsp3) is 0.286. The van der Waals surface area contributed by atoms with Gasteiger partial charge in [0.15, 0.2) is 6.61 Å². The summed E-state index contributed by atoms with van der Waals surface area (Å²) in [5.74, 6) is 0.234. The highest BCUT2D eigenvalue weighted by Gasteiger charge is 2.07. The lowest BCUT2D eigenvalue weighted by Crippen LogP contribution is -2.36. The quantitative estimate of drug-likeness (QED) is 0.497. The van der Waals surface area contributed by atoms with Gasteiger partial charge in [0.05, 0.1) is 17.4 Å². The Hall–Kier alpha value is -3.35. The number of rotatable bonds is 9.